The highest BCUT2D eigenvalue weighted by molar-refractivity contribution is 7.92. The lowest BCUT2D eigenvalue weighted by molar-refractivity contribution is -0.139. The first-order valence-electron chi connectivity index (χ1n) is 13.1. The largest absolute Gasteiger partial charge is 0.497 e. The molecule has 1 atom stereocenters. The number of amides is 2. The molecule has 3 rings (SSSR count). The number of benzene rings is 3. The van der Waals surface area contributed by atoms with Crippen molar-refractivity contribution < 1.29 is 27.1 Å². The van der Waals surface area contributed by atoms with Gasteiger partial charge in [-0.3, -0.25) is 13.9 Å². The van der Waals surface area contributed by atoms with Crippen LogP contribution in [0.3, 0.4) is 0 Å². The number of anilines is 1. The van der Waals surface area contributed by atoms with Gasteiger partial charge in [0.05, 0.1) is 17.7 Å². The van der Waals surface area contributed by atoms with Crippen molar-refractivity contribution in [2.75, 3.05) is 24.5 Å². The van der Waals surface area contributed by atoms with Crippen molar-refractivity contribution in [3.05, 3.63) is 89.7 Å². The van der Waals surface area contributed by atoms with Gasteiger partial charge in [-0.2, -0.15) is 0 Å². The van der Waals surface area contributed by atoms with Crippen molar-refractivity contribution in [3.63, 3.8) is 0 Å². The van der Waals surface area contributed by atoms with Crippen LogP contribution in [0.25, 0.3) is 0 Å². The van der Waals surface area contributed by atoms with Crippen molar-refractivity contribution in [2.24, 2.45) is 0 Å². The minimum Gasteiger partial charge on any atom is -0.497 e. The van der Waals surface area contributed by atoms with E-state index in [4.69, 9.17) is 4.74 Å². The van der Waals surface area contributed by atoms with Gasteiger partial charge in [-0.15, -0.1) is 0 Å². The number of nitrogens with zero attached hydrogens (tertiary/aromatic N) is 2. The quantitative estimate of drug-likeness (QED) is 0.302. The van der Waals surface area contributed by atoms with E-state index in [-0.39, 0.29) is 22.7 Å². The monoisotopic (exact) mass is 569 g/mol. The molecule has 0 unspecified atom stereocenters. The van der Waals surface area contributed by atoms with Gasteiger partial charge in [-0.25, -0.2) is 12.8 Å². The van der Waals surface area contributed by atoms with E-state index in [0.29, 0.717) is 12.3 Å². The number of aryl methyl sites for hydroxylation is 1. The number of nitrogens with one attached hydrogen (secondary N) is 1. The molecule has 0 aliphatic heterocycles. The molecule has 10 heteroatoms. The fourth-order valence-corrected chi connectivity index (χ4v) is 5.47. The zero-order chi connectivity index (χ0) is 29.3. The lowest BCUT2D eigenvalue weighted by Gasteiger charge is -2.32. The maximum atomic E-state index is 14.6. The topological polar surface area (TPSA) is 96.0 Å². The van der Waals surface area contributed by atoms with Gasteiger partial charge < -0.3 is 15.0 Å². The van der Waals surface area contributed by atoms with Crippen LogP contribution in [0.1, 0.15) is 37.8 Å². The second kappa shape index (κ2) is 13.9. The van der Waals surface area contributed by atoms with E-state index < -0.39 is 40.2 Å². The van der Waals surface area contributed by atoms with Crippen LogP contribution in [-0.4, -0.2) is 51.4 Å². The summed E-state index contributed by atoms with van der Waals surface area (Å²) in [6.45, 7) is 4.97. The third-order valence-corrected chi connectivity index (χ3v) is 8.31. The molecule has 3 aromatic rings. The molecule has 3 aromatic carbocycles. The average molecular weight is 570 g/mol. The molecule has 0 fully saturated rings. The Kier molecular flexibility index (Phi) is 10.7. The van der Waals surface area contributed by atoms with Crippen molar-refractivity contribution in [1.82, 2.24) is 10.2 Å². The average Bonchev–Trinajstić information content (AvgIpc) is 2.95. The predicted octanol–water partition coefficient (Wildman–Crippen LogP) is 4.67. The summed E-state index contributed by atoms with van der Waals surface area (Å²) in [5, 5.41) is 2.81. The molecule has 40 heavy (non-hydrogen) atoms. The first-order chi connectivity index (χ1) is 19.1. The van der Waals surface area contributed by atoms with E-state index in [1.54, 1.807) is 43.3 Å². The Labute approximate surface area is 235 Å². The number of hydrogen-bond donors (Lipinski definition) is 1. The molecule has 2 amide bonds. The van der Waals surface area contributed by atoms with Crippen LogP contribution in [0.15, 0.2) is 77.7 Å². The third-order valence-electron chi connectivity index (χ3n) is 6.52. The van der Waals surface area contributed by atoms with Gasteiger partial charge in [-0.05, 0) is 50.6 Å². The van der Waals surface area contributed by atoms with E-state index >= 15 is 0 Å². The van der Waals surface area contributed by atoms with Gasteiger partial charge in [0.15, 0.2) is 0 Å². The molecule has 214 valence electrons. The number of carbonyl (C=O) groups excluding carboxylic acids is 2. The summed E-state index contributed by atoms with van der Waals surface area (Å²) in [5.74, 6) is -1.20. The van der Waals surface area contributed by atoms with Crippen molar-refractivity contribution in [1.29, 1.82) is 0 Å². The first kappa shape index (κ1) is 30.6. The summed E-state index contributed by atoms with van der Waals surface area (Å²) in [5.41, 5.74) is 1.29. The molecule has 8 nitrogen and oxygen atoms in total. The van der Waals surface area contributed by atoms with Crippen LogP contribution in [0.2, 0.25) is 0 Å². The fraction of sp³-hybridized carbons (Fsp3) is 0.333. The van der Waals surface area contributed by atoms with Crippen LogP contribution in [0, 0.1) is 12.7 Å². The molecule has 0 aromatic heterocycles. The van der Waals surface area contributed by atoms with Crippen molar-refractivity contribution in [2.45, 2.75) is 51.1 Å². The van der Waals surface area contributed by atoms with Gasteiger partial charge in [0.2, 0.25) is 11.8 Å². The zero-order valence-corrected chi connectivity index (χ0v) is 24.1. The number of ether oxygens (including phenoxy) is 1. The number of rotatable bonds is 13. The zero-order valence-electron chi connectivity index (χ0n) is 23.3. The van der Waals surface area contributed by atoms with E-state index in [0.717, 1.165) is 22.7 Å². The summed E-state index contributed by atoms with van der Waals surface area (Å²) in [4.78, 5) is 28.1. The molecule has 0 radical (unpaired) electrons. The number of hydrogen-bond acceptors (Lipinski definition) is 5. The molecule has 0 heterocycles. The Balaban J connectivity index is 2.03. The Morgan fingerprint density at radius 1 is 1.02 bits per heavy atom. The van der Waals surface area contributed by atoms with Gasteiger partial charge in [0.25, 0.3) is 10.0 Å². The molecule has 0 aliphatic carbocycles. The highest BCUT2D eigenvalue weighted by atomic mass is 32.2. The Bertz CT molecular complexity index is 1410. The Hall–Kier alpha value is -3.92. The second-order valence-corrected chi connectivity index (χ2v) is 11.3. The molecular formula is C30H36FN3O5S. The van der Waals surface area contributed by atoms with Gasteiger partial charge >= 0.3 is 0 Å². The SMILES string of the molecule is CCCCNC(=O)[C@@H](C)N(Cc1ccccc1F)C(=O)CN(c1cccc(OC)c1)S(=O)(=O)c1ccc(C)cc1. The van der Waals surface area contributed by atoms with Gasteiger partial charge in [0.1, 0.15) is 24.2 Å². The molecule has 0 bridgehead atoms. The number of unbranched alkanes of at least 4 members (excludes halogenated alkanes) is 1. The Morgan fingerprint density at radius 3 is 2.38 bits per heavy atom. The summed E-state index contributed by atoms with van der Waals surface area (Å²) in [6.07, 6.45) is 1.64. The highest BCUT2D eigenvalue weighted by Crippen LogP contribution is 2.28. The van der Waals surface area contributed by atoms with Crippen molar-refractivity contribution >= 4 is 27.5 Å². The minimum absolute atomic E-state index is 0.000249. The maximum Gasteiger partial charge on any atom is 0.264 e. The summed E-state index contributed by atoms with van der Waals surface area (Å²) in [7, 11) is -2.76. The van der Waals surface area contributed by atoms with E-state index in [2.05, 4.69) is 5.32 Å². The highest BCUT2D eigenvalue weighted by Gasteiger charge is 2.33. The molecule has 0 spiro atoms. The molecule has 0 saturated heterocycles. The lowest BCUT2D eigenvalue weighted by Crippen LogP contribution is -2.51. The number of carbonyl (C=O) groups is 2. The molecule has 1 N–H and O–H groups in total. The molecule has 0 aliphatic rings. The second-order valence-electron chi connectivity index (χ2n) is 9.46. The summed E-state index contributed by atoms with van der Waals surface area (Å²) < 4.78 is 48.6. The number of sulfonamides is 1. The smallest absolute Gasteiger partial charge is 0.264 e. The summed E-state index contributed by atoms with van der Waals surface area (Å²) >= 11 is 0. The van der Waals surface area contributed by atoms with Crippen LogP contribution in [0.4, 0.5) is 10.1 Å². The normalized spacial score (nSPS) is 11.9. The fourth-order valence-electron chi connectivity index (χ4n) is 4.06. The summed E-state index contributed by atoms with van der Waals surface area (Å²) in [6, 6.07) is 17.6. The molecular weight excluding hydrogens is 533 g/mol. The van der Waals surface area contributed by atoms with Gasteiger partial charge in [-0.1, -0.05) is 55.3 Å². The van der Waals surface area contributed by atoms with Crippen LogP contribution in [0.5, 0.6) is 5.75 Å². The predicted molar refractivity (Wildman–Crippen MR) is 153 cm³/mol. The van der Waals surface area contributed by atoms with Crippen LogP contribution >= 0.6 is 0 Å². The van der Waals surface area contributed by atoms with E-state index in [9.17, 15) is 22.4 Å². The van der Waals surface area contributed by atoms with E-state index in [1.807, 2.05) is 13.8 Å². The maximum absolute atomic E-state index is 14.6. The van der Waals surface area contributed by atoms with E-state index in [1.165, 1.54) is 48.4 Å². The number of methoxy groups -OCH3 is 1. The minimum atomic E-state index is -4.21. The van der Waals surface area contributed by atoms with Crippen LogP contribution in [-0.2, 0) is 26.2 Å². The molecule has 0 saturated carbocycles. The lowest BCUT2D eigenvalue weighted by atomic mass is 10.1. The van der Waals surface area contributed by atoms with Crippen LogP contribution < -0.4 is 14.4 Å². The first-order valence-corrected chi connectivity index (χ1v) is 14.6. The van der Waals surface area contributed by atoms with Crippen molar-refractivity contribution in [3.8, 4) is 5.75 Å². The number of halogens is 1. The van der Waals surface area contributed by atoms with Gasteiger partial charge in [0, 0.05) is 24.7 Å². The Morgan fingerprint density at radius 2 is 1.73 bits per heavy atom. The third kappa shape index (κ3) is 7.59. The standard InChI is InChI=1S/C30H36FN3O5S/c1-5-6-18-32-30(36)23(3)33(20-24-10-7-8-13-28(24)31)29(35)21-34(25-11-9-12-26(19-25)39-4)40(37,38)27-16-14-22(2)15-17-27/h7-17,19,23H,5-6,18,20-21H2,1-4H3,(H,32,36)/t23-/m1/s1.